The Hall–Kier alpha value is -1.61. The lowest BCUT2D eigenvalue weighted by molar-refractivity contribution is -0.142. The van der Waals surface area contributed by atoms with Crippen LogP contribution in [-0.2, 0) is 9.53 Å². The Morgan fingerprint density at radius 2 is 1.24 bits per heavy atom. The zero-order chi connectivity index (χ0) is 34.2. The van der Waals surface area contributed by atoms with E-state index in [1.807, 2.05) is 6.08 Å². The molecule has 0 heterocycles. The van der Waals surface area contributed by atoms with Crippen molar-refractivity contribution in [2.45, 2.75) is 151 Å². The maximum Gasteiger partial charge on any atom is 0.330 e. The largest absolute Gasteiger partial charge is 0.478 e. The number of hydrogen-bond acceptors (Lipinski definition) is 2. The van der Waals surface area contributed by atoms with Gasteiger partial charge in [-0.3, -0.25) is 0 Å². The van der Waals surface area contributed by atoms with E-state index in [9.17, 15) is 4.79 Å². The van der Waals surface area contributed by atoms with Gasteiger partial charge in [0.1, 0.15) is 0 Å². The zero-order valence-electron chi connectivity index (χ0n) is 31.2. The van der Waals surface area contributed by atoms with Crippen LogP contribution < -0.4 is 0 Å². The van der Waals surface area contributed by atoms with E-state index in [1.165, 1.54) is 96.0 Å². The van der Waals surface area contributed by atoms with Gasteiger partial charge in [-0.2, -0.15) is 0 Å². The van der Waals surface area contributed by atoms with Crippen molar-refractivity contribution < 1.29 is 14.6 Å². The van der Waals surface area contributed by atoms with Crippen LogP contribution in [0.3, 0.4) is 0 Å². The summed E-state index contributed by atoms with van der Waals surface area (Å²) in [5, 5.41) is 7.89. The molecule has 3 saturated carbocycles. The number of carboxylic acid groups (broad SMARTS) is 1. The summed E-state index contributed by atoms with van der Waals surface area (Å²) in [5.74, 6) is 5.78. The Kier molecular flexibility index (Phi) is 19.6. The minimum absolute atomic E-state index is 0.0656. The number of rotatable bonds is 12. The van der Waals surface area contributed by atoms with Crippen molar-refractivity contribution in [2.75, 3.05) is 6.61 Å². The van der Waals surface area contributed by atoms with Gasteiger partial charge in [-0.15, -0.1) is 0 Å². The highest BCUT2D eigenvalue weighted by Crippen LogP contribution is 2.56. The van der Waals surface area contributed by atoms with Crippen molar-refractivity contribution in [1.29, 1.82) is 0 Å². The van der Waals surface area contributed by atoms with E-state index in [1.54, 1.807) is 0 Å². The summed E-state index contributed by atoms with van der Waals surface area (Å²) in [5.41, 5.74) is 1.40. The molecule has 0 aliphatic heterocycles. The van der Waals surface area contributed by atoms with Crippen molar-refractivity contribution in [3.63, 3.8) is 0 Å². The Bertz CT molecular complexity index is 855. The Labute approximate surface area is 280 Å². The molecular weight excluding hydrogens is 552 g/mol. The van der Waals surface area contributed by atoms with E-state index in [0.717, 1.165) is 42.1 Å². The molecule has 0 aromatic heterocycles. The van der Waals surface area contributed by atoms with Gasteiger partial charge in [-0.25, -0.2) is 4.79 Å². The van der Waals surface area contributed by atoms with E-state index < -0.39 is 5.97 Å². The molecule has 45 heavy (non-hydrogen) atoms. The van der Waals surface area contributed by atoms with Gasteiger partial charge < -0.3 is 9.84 Å². The van der Waals surface area contributed by atoms with Crippen molar-refractivity contribution in [3.8, 4) is 0 Å². The van der Waals surface area contributed by atoms with Crippen molar-refractivity contribution in [1.82, 2.24) is 0 Å². The molecule has 0 amide bonds. The van der Waals surface area contributed by atoms with Gasteiger partial charge >= 0.3 is 5.97 Å². The molecule has 1 N–H and O–H groups in total. The van der Waals surface area contributed by atoms with E-state index in [-0.39, 0.29) is 11.2 Å². The average Bonchev–Trinajstić information content (AvgIpc) is 3.03. The lowest BCUT2D eigenvalue weighted by atomic mass is 9.51. The molecular formula is C42H74O3. The van der Waals surface area contributed by atoms with E-state index in [0.29, 0.717) is 17.8 Å². The first-order chi connectivity index (χ1) is 21.3. The van der Waals surface area contributed by atoms with Gasteiger partial charge in [-0.05, 0) is 93.8 Å². The highest BCUT2D eigenvalue weighted by Gasteiger charge is 2.51. The van der Waals surface area contributed by atoms with Crippen LogP contribution in [0, 0.1) is 53.3 Å². The summed E-state index contributed by atoms with van der Waals surface area (Å²) in [4.78, 5) is 9.60. The molecule has 3 aliphatic rings. The number of carboxylic acids is 1. The van der Waals surface area contributed by atoms with Gasteiger partial charge in [-0.1, -0.05) is 149 Å². The SMILES string of the molecule is C=C(C)C(=O)O.C=C/C=C\C(=C)C(C)C1CC(C(C)C2CCCCC2)C(C(C)(C)OCC)C(C(C)C2CCCCC2)C1.CCC. The minimum atomic E-state index is -0.935. The second kappa shape index (κ2) is 21.3. The van der Waals surface area contributed by atoms with Gasteiger partial charge in [0, 0.05) is 12.2 Å². The lowest BCUT2D eigenvalue weighted by Crippen LogP contribution is -2.53. The third kappa shape index (κ3) is 13.2. The highest BCUT2D eigenvalue weighted by molar-refractivity contribution is 5.84. The minimum Gasteiger partial charge on any atom is -0.478 e. The second-order valence-corrected chi connectivity index (χ2v) is 15.4. The second-order valence-electron chi connectivity index (χ2n) is 15.4. The smallest absolute Gasteiger partial charge is 0.330 e. The standard InChI is InChI=1S/C35H60O.C4H6O2.C3H8/c1-9-11-18-25(3)26(4)31-23-32(27(5)29-19-14-12-15-20-29)34(35(7,8)36-10-2)33(24-31)28(6)30-21-16-13-17-22-30;1-3(2)4(5)6;1-3-2/h9,11,18,26-34H,1,3,10,12-17,19-24H2,2,4-8H3;1H2,2H3,(H,5,6);3H2,1-2H3/b18-11-;;. The summed E-state index contributed by atoms with van der Waals surface area (Å²) in [6.45, 7) is 32.9. The van der Waals surface area contributed by atoms with Gasteiger partial charge in [0.25, 0.3) is 0 Å². The van der Waals surface area contributed by atoms with Crippen LogP contribution in [0.1, 0.15) is 146 Å². The van der Waals surface area contributed by atoms with Crippen LogP contribution in [0.15, 0.2) is 49.1 Å². The van der Waals surface area contributed by atoms with Crippen molar-refractivity contribution in [3.05, 3.63) is 49.1 Å². The number of aliphatic carboxylic acids is 1. The fraction of sp³-hybridized carbons (Fsp3) is 0.786. The molecule has 3 fully saturated rings. The van der Waals surface area contributed by atoms with Crippen LogP contribution >= 0.6 is 0 Å². The number of ether oxygens (including phenoxy) is 1. The molecule has 5 atom stereocenters. The predicted molar refractivity (Wildman–Crippen MR) is 196 cm³/mol. The lowest BCUT2D eigenvalue weighted by Gasteiger charge is -2.55. The molecule has 260 valence electrons. The molecule has 0 saturated heterocycles. The third-order valence-corrected chi connectivity index (χ3v) is 11.6. The maximum absolute atomic E-state index is 9.60. The normalized spacial score (nSPS) is 26.8. The number of carbonyl (C=O) groups is 1. The fourth-order valence-electron chi connectivity index (χ4n) is 9.06. The summed E-state index contributed by atoms with van der Waals surface area (Å²) in [6, 6.07) is 0. The summed E-state index contributed by atoms with van der Waals surface area (Å²) in [7, 11) is 0. The number of allylic oxidation sites excluding steroid dienone is 4. The molecule has 0 radical (unpaired) electrons. The number of hydrogen-bond donors (Lipinski definition) is 1. The Morgan fingerprint density at radius 1 is 0.844 bits per heavy atom. The molecule has 3 nitrogen and oxygen atoms in total. The molecule has 0 bridgehead atoms. The quantitative estimate of drug-likeness (QED) is 0.173. The molecule has 0 spiro atoms. The monoisotopic (exact) mass is 627 g/mol. The molecule has 3 aliphatic carbocycles. The first kappa shape index (κ1) is 41.4. The highest BCUT2D eigenvalue weighted by atomic mass is 16.5. The molecule has 5 unspecified atom stereocenters. The molecule has 0 aromatic carbocycles. The van der Waals surface area contributed by atoms with Gasteiger partial charge in [0.2, 0.25) is 0 Å². The summed E-state index contributed by atoms with van der Waals surface area (Å²) in [6.07, 6.45) is 24.5. The van der Waals surface area contributed by atoms with E-state index >= 15 is 0 Å². The van der Waals surface area contributed by atoms with Crippen LogP contribution in [0.5, 0.6) is 0 Å². The maximum atomic E-state index is 9.60. The van der Waals surface area contributed by atoms with Crippen LogP contribution in [0.2, 0.25) is 0 Å². The van der Waals surface area contributed by atoms with Crippen LogP contribution in [0.4, 0.5) is 0 Å². The van der Waals surface area contributed by atoms with E-state index in [4.69, 9.17) is 9.84 Å². The topological polar surface area (TPSA) is 46.5 Å². The molecule has 3 rings (SSSR count). The van der Waals surface area contributed by atoms with Crippen LogP contribution in [0.25, 0.3) is 0 Å². The fourth-order valence-corrected chi connectivity index (χ4v) is 9.06. The van der Waals surface area contributed by atoms with Crippen molar-refractivity contribution in [2.24, 2.45) is 53.3 Å². The Morgan fingerprint density at radius 3 is 1.58 bits per heavy atom. The van der Waals surface area contributed by atoms with Crippen LogP contribution in [-0.4, -0.2) is 23.3 Å². The molecule has 3 heteroatoms. The predicted octanol–water partition coefficient (Wildman–Crippen LogP) is 12.5. The first-order valence-corrected chi connectivity index (χ1v) is 18.8. The zero-order valence-corrected chi connectivity index (χ0v) is 31.2. The van der Waals surface area contributed by atoms with E-state index in [2.05, 4.69) is 87.3 Å². The third-order valence-electron chi connectivity index (χ3n) is 11.6. The van der Waals surface area contributed by atoms with Gasteiger partial charge in [0.15, 0.2) is 0 Å². The Balaban J connectivity index is 0.000000990. The van der Waals surface area contributed by atoms with Crippen molar-refractivity contribution >= 4 is 5.97 Å². The first-order valence-electron chi connectivity index (χ1n) is 18.8. The molecule has 0 aromatic rings. The summed E-state index contributed by atoms with van der Waals surface area (Å²) >= 11 is 0. The van der Waals surface area contributed by atoms with Gasteiger partial charge in [0.05, 0.1) is 5.60 Å². The summed E-state index contributed by atoms with van der Waals surface area (Å²) < 4.78 is 6.66. The average molecular weight is 627 g/mol.